The first-order valence-electron chi connectivity index (χ1n) is 9.93. The van der Waals surface area contributed by atoms with E-state index >= 15 is 0 Å². The zero-order valence-corrected chi connectivity index (χ0v) is 18.0. The van der Waals surface area contributed by atoms with Crippen molar-refractivity contribution in [3.8, 4) is 11.5 Å². The second-order valence-electron chi connectivity index (χ2n) is 7.03. The van der Waals surface area contributed by atoms with E-state index in [0.717, 1.165) is 46.8 Å². The van der Waals surface area contributed by atoms with Crippen molar-refractivity contribution in [3.05, 3.63) is 63.1 Å². The van der Waals surface area contributed by atoms with Crippen LogP contribution in [0.5, 0.6) is 11.5 Å². The topological polar surface area (TPSA) is 82.7 Å². The lowest BCUT2D eigenvalue weighted by molar-refractivity contribution is -0.169. The highest BCUT2D eigenvalue weighted by Gasteiger charge is 2.14. The van der Waals surface area contributed by atoms with Gasteiger partial charge in [0.1, 0.15) is 19.0 Å². The lowest BCUT2D eigenvalue weighted by Gasteiger charge is -2.22. The number of hydrogen-bond donors (Lipinski definition) is 1. The summed E-state index contributed by atoms with van der Waals surface area (Å²) in [6.45, 7) is 1.70. The van der Waals surface area contributed by atoms with Gasteiger partial charge in [-0.2, -0.15) is 0 Å². The van der Waals surface area contributed by atoms with Crippen molar-refractivity contribution in [2.24, 2.45) is 0 Å². The average Bonchev–Trinajstić information content (AvgIpc) is 2.77. The lowest BCUT2D eigenvalue weighted by Crippen LogP contribution is -2.22. The highest BCUT2D eigenvalue weighted by Crippen LogP contribution is 2.20. The molecule has 0 bridgehead atoms. The van der Waals surface area contributed by atoms with Crippen LogP contribution in [0.25, 0.3) is 10.9 Å². The summed E-state index contributed by atoms with van der Waals surface area (Å²) in [6.07, 6.45) is 6.39. The molecule has 158 valence electrons. The number of aromatic amines is 1. The van der Waals surface area contributed by atoms with Crippen molar-refractivity contribution in [3.63, 3.8) is 0 Å². The minimum Gasteiger partial charge on any atom is -0.488 e. The second-order valence-corrected chi connectivity index (χ2v) is 7.94. The summed E-state index contributed by atoms with van der Waals surface area (Å²) in [5, 5.41) is 0.888. The van der Waals surface area contributed by atoms with Crippen molar-refractivity contribution in [1.82, 2.24) is 9.97 Å². The van der Waals surface area contributed by atoms with E-state index in [1.54, 1.807) is 18.5 Å². The molecule has 8 heteroatoms. The normalized spacial score (nSPS) is 16.5. The Kier molecular flexibility index (Phi) is 6.99. The Morgan fingerprint density at radius 1 is 1.13 bits per heavy atom. The Labute approximate surface area is 182 Å². The highest BCUT2D eigenvalue weighted by atomic mass is 79.9. The molecule has 1 N–H and O–H groups in total. The predicted molar refractivity (Wildman–Crippen MR) is 116 cm³/mol. The molecule has 3 heterocycles. The quantitative estimate of drug-likeness (QED) is 0.492. The standard InChI is InChI=1S/C22H23BrN2O5/c23-17-4-5-19-16(10-17)11-20(22(26)25-19)28-8-7-27-18-9-15(12-24-13-18)14-30-21-3-1-2-6-29-21/h4-5,9-13,21H,1-3,6-8,14H2,(H,25,26). The van der Waals surface area contributed by atoms with E-state index in [1.165, 1.54) is 0 Å². The van der Waals surface area contributed by atoms with Crippen LogP contribution in [0.1, 0.15) is 24.8 Å². The molecule has 1 fully saturated rings. The van der Waals surface area contributed by atoms with Gasteiger partial charge < -0.3 is 23.9 Å². The third-order valence-corrected chi connectivity index (χ3v) is 5.22. The first-order valence-corrected chi connectivity index (χ1v) is 10.7. The van der Waals surface area contributed by atoms with Crippen LogP contribution in [0.2, 0.25) is 0 Å². The van der Waals surface area contributed by atoms with Crippen LogP contribution in [0.4, 0.5) is 0 Å². The number of halogens is 1. The molecular formula is C22H23BrN2O5. The van der Waals surface area contributed by atoms with Gasteiger partial charge in [-0.05, 0) is 55.2 Å². The molecule has 0 radical (unpaired) electrons. The third-order valence-electron chi connectivity index (χ3n) is 4.73. The molecule has 1 saturated heterocycles. The van der Waals surface area contributed by atoms with Crippen molar-refractivity contribution in [2.45, 2.75) is 32.2 Å². The summed E-state index contributed by atoms with van der Waals surface area (Å²) in [5.74, 6) is 0.887. The molecule has 4 rings (SSSR count). The number of aromatic nitrogens is 2. The second kappa shape index (κ2) is 10.1. The van der Waals surface area contributed by atoms with E-state index in [-0.39, 0.29) is 30.8 Å². The van der Waals surface area contributed by atoms with Gasteiger partial charge in [-0.15, -0.1) is 0 Å². The fraction of sp³-hybridized carbons (Fsp3) is 0.364. The zero-order valence-electron chi connectivity index (χ0n) is 16.4. The summed E-state index contributed by atoms with van der Waals surface area (Å²) in [7, 11) is 0. The maximum Gasteiger partial charge on any atom is 0.290 e. The maximum atomic E-state index is 12.2. The number of ether oxygens (including phenoxy) is 4. The number of nitrogens with one attached hydrogen (secondary N) is 1. The van der Waals surface area contributed by atoms with E-state index < -0.39 is 0 Å². The Morgan fingerprint density at radius 2 is 2.03 bits per heavy atom. The maximum absolute atomic E-state index is 12.2. The number of pyridine rings is 2. The van der Waals surface area contributed by atoms with E-state index in [1.807, 2.05) is 24.3 Å². The molecule has 1 unspecified atom stereocenters. The SMILES string of the molecule is O=c1[nH]c2ccc(Br)cc2cc1OCCOc1cncc(COC2CCCCO2)c1. The van der Waals surface area contributed by atoms with Crippen molar-refractivity contribution in [2.75, 3.05) is 19.8 Å². The smallest absolute Gasteiger partial charge is 0.290 e. The fourth-order valence-electron chi connectivity index (χ4n) is 3.23. The first-order chi connectivity index (χ1) is 14.7. The Hall–Kier alpha value is -2.42. The number of hydrogen-bond acceptors (Lipinski definition) is 6. The molecule has 2 aromatic heterocycles. The third kappa shape index (κ3) is 5.59. The molecule has 1 aromatic carbocycles. The van der Waals surface area contributed by atoms with Crippen LogP contribution >= 0.6 is 15.9 Å². The molecular weight excluding hydrogens is 452 g/mol. The molecule has 0 spiro atoms. The van der Waals surface area contributed by atoms with Crippen molar-refractivity contribution >= 4 is 26.8 Å². The minimum atomic E-state index is -0.268. The van der Waals surface area contributed by atoms with Crippen LogP contribution in [-0.4, -0.2) is 36.1 Å². The molecule has 7 nitrogen and oxygen atoms in total. The minimum absolute atomic E-state index is 0.141. The molecule has 0 saturated carbocycles. The number of nitrogens with zero attached hydrogens (tertiary/aromatic N) is 1. The Balaban J connectivity index is 1.28. The van der Waals surface area contributed by atoms with Gasteiger partial charge in [0.25, 0.3) is 5.56 Å². The lowest BCUT2D eigenvalue weighted by atomic mass is 10.2. The van der Waals surface area contributed by atoms with Crippen LogP contribution in [0.15, 0.2) is 52.0 Å². The van der Waals surface area contributed by atoms with E-state index in [2.05, 4.69) is 25.9 Å². The fourth-order valence-corrected chi connectivity index (χ4v) is 3.61. The number of H-pyrrole nitrogens is 1. The van der Waals surface area contributed by atoms with Gasteiger partial charge >= 0.3 is 0 Å². The van der Waals surface area contributed by atoms with Gasteiger partial charge in [0.2, 0.25) is 0 Å². The summed E-state index contributed by atoms with van der Waals surface area (Å²) in [4.78, 5) is 19.2. The van der Waals surface area contributed by atoms with Gasteiger partial charge in [-0.3, -0.25) is 9.78 Å². The van der Waals surface area contributed by atoms with Gasteiger partial charge in [-0.1, -0.05) is 15.9 Å². The highest BCUT2D eigenvalue weighted by molar-refractivity contribution is 9.10. The largest absolute Gasteiger partial charge is 0.488 e. The summed E-state index contributed by atoms with van der Waals surface area (Å²) in [6, 6.07) is 9.26. The Bertz CT molecular complexity index is 1050. The van der Waals surface area contributed by atoms with Crippen LogP contribution < -0.4 is 15.0 Å². The molecule has 30 heavy (non-hydrogen) atoms. The van der Waals surface area contributed by atoms with Gasteiger partial charge in [0, 0.05) is 28.2 Å². The van der Waals surface area contributed by atoms with E-state index in [9.17, 15) is 4.79 Å². The molecule has 3 aromatic rings. The van der Waals surface area contributed by atoms with E-state index in [4.69, 9.17) is 18.9 Å². The Morgan fingerprint density at radius 3 is 2.90 bits per heavy atom. The van der Waals surface area contributed by atoms with Crippen LogP contribution in [0.3, 0.4) is 0 Å². The molecule has 0 amide bonds. The van der Waals surface area contributed by atoms with Gasteiger partial charge in [0.05, 0.1) is 12.8 Å². The van der Waals surface area contributed by atoms with E-state index in [0.29, 0.717) is 12.4 Å². The van der Waals surface area contributed by atoms with Crippen LogP contribution in [0, 0.1) is 0 Å². The molecule has 0 aliphatic carbocycles. The van der Waals surface area contributed by atoms with Crippen molar-refractivity contribution < 1.29 is 18.9 Å². The summed E-state index contributed by atoms with van der Waals surface area (Å²) < 4.78 is 23.6. The number of fused-ring (bicyclic) bond motifs is 1. The number of benzene rings is 1. The monoisotopic (exact) mass is 474 g/mol. The molecule has 1 atom stereocenters. The summed E-state index contributed by atoms with van der Waals surface area (Å²) >= 11 is 3.43. The van der Waals surface area contributed by atoms with Crippen LogP contribution in [-0.2, 0) is 16.1 Å². The summed E-state index contributed by atoms with van der Waals surface area (Å²) in [5.41, 5.74) is 1.41. The molecule has 1 aliphatic rings. The first kappa shape index (κ1) is 20.8. The molecule has 1 aliphatic heterocycles. The predicted octanol–water partition coefficient (Wildman–Crippen LogP) is 4.19. The zero-order chi connectivity index (χ0) is 20.8. The van der Waals surface area contributed by atoms with Gasteiger partial charge in [-0.25, -0.2) is 0 Å². The van der Waals surface area contributed by atoms with Gasteiger partial charge in [0.15, 0.2) is 12.0 Å². The number of rotatable bonds is 8. The van der Waals surface area contributed by atoms with Crippen molar-refractivity contribution in [1.29, 1.82) is 0 Å². The average molecular weight is 475 g/mol.